The van der Waals surface area contributed by atoms with Gasteiger partial charge in [0, 0.05) is 11.8 Å². The number of fused-ring (bicyclic) bond motifs is 2. The van der Waals surface area contributed by atoms with Crippen molar-refractivity contribution in [1.82, 2.24) is 0 Å². The second-order valence-corrected chi connectivity index (χ2v) is 13.6. The van der Waals surface area contributed by atoms with Crippen LogP contribution in [-0.2, 0) is 48.5 Å². The molecule has 166 valence electrons. The molecule has 0 spiro atoms. The summed E-state index contributed by atoms with van der Waals surface area (Å²) in [5, 5.41) is 0. The molecule has 3 aliphatic heterocycles. The van der Waals surface area contributed by atoms with Crippen LogP contribution < -0.4 is 0 Å². The molecule has 29 heavy (non-hydrogen) atoms. The lowest BCUT2D eigenvalue weighted by molar-refractivity contribution is -0.0418. The van der Waals surface area contributed by atoms with Gasteiger partial charge >= 0.3 is 7.82 Å². The second kappa shape index (κ2) is 9.49. The number of hydrogen-bond donors (Lipinski definition) is 0. The number of rotatable bonds is 3. The van der Waals surface area contributed by atoms with Crippen LogP contribution in [-0.4, -0.2) is 64.0 Å². The number of phosphoric ester groups is 1. The molecule has 0 saturated carbocycles. The zero-order valence-corrected chi connectivity index (χ0v) is 20.2. The minimum absolute atomic E-state index is 0.00865. The average Bonchev–Trinajstić information content (AvgIpc) is 3.07. The molecule has 0 amide bonds. The van der Waals surface area contributed by atoms with Gasteiger partial charge in [0.1, 0.15) is 24.7 Å². The molecular weight excluding hydrogens is 437 g/mol. The van der Waals surface area contributed by atoms with Gasteiger partial charge in [0.25, 0.3) is 0 Å². The Morgan fingerprint density at radius 3 is 2.10 bits per heavy atom. The third-order valence-electron chi connectivity index (χ3n) is 5.81. The summed E-state index contributed by atoms with van der Waals surface area (Å²) in [6, 6.07) is 0. The molecule has 0 radical (unpaired) electrons. The third-order valence-corrected chi connectivity index (χ3v) is 9.06. The van der Waals surface area contributed by atoms with Crippen LogP contribution in [0.1, 0.15) is 27.7 Å². The first kappa shape index (κ1) is 24.1. The van der Waals surface area contributed by atoms with Crippen LogP contribution in [0.15, 0.2) is 12.7 Å². The SMILES string of the molecule is BP1(=S)OC[C@H]2O[C@@H](C)[C@@H](C)C2OP(=O)(OCC=C)OC[C@H]2O[C@@H](C)[C@@H](C)C2O1. The van der Waals surface area contributed by atoms with Crippen LogP contribution in [0.3, 0.4) is 0 Å². The van der Waals surface area contributed by atoms with Crippen LogP contribution in [0, 0.1) is 11.8 Å². The van der Waals surface area contributed by atoms with Gasteiger partial charge < -0.3 is 18.5 Å². The molecule has 0 N–H and O–H groups in total. The standard InChI is InChI=1S/C17H31BO8P2S/c1-6-7-20-28(19)22-9-15-16(10(2)12(4)24-15)25-27(18,29)21-8-14-17(26-28)11(3)13(5)23-14/h6,10-17H,1,7-9,18H2,2-5H3/t10-,11-,12+,13+,14-,15-,16?,17?,27?,28?/m1/s1. The molecule has 8 nitrogen and oxygen atoms in total. The molecule has 3 heterocycles. The lowest BCUT2D eigenvalue weighted by Gasteiger charge is -2.32. The highest BCUT2D eigenvalue weighted by molar-refractivity contribution is 8.21. The van der Waals surface area contributed by atoms with Crippen molar-refractivity contribution in [2.24, 2.45) is 11.8 Å². The van der Waals surface area contributed by atoms with Gasteiger partial charge in [0.2, 0.25) is 7.57 Å². The van der Waals surface area contributed by atoms with Gasteiger partial charge in [0.05, 0.1) is 38.1 Å². The van der Waals surface area contributed by atoms with E-state index in [4.69, 9.17) is 43.9 Å². The van der Waals surface area contributed by atoms with Crippen molar-refractivity contribution < 1.29 is 36.7 Å². The smallest absolute Gasteiger partial charge is 0.370 e. The molecule has 3 aliphatic rings. The molecule has 4 unspecified atom stereocenters. The van der Waals surface area contributed by atoms with Gasteiger partial charge in [0.15, 0.2) is 0 Å². The normalized spacial score (nSPS) is 51.4. The quantitative estimate of drug-likeness (QED) is 0.353. The molecule has 3 fully saturated rings. The fourth-order valence-electron chi connectivity index (χ4n) is 3.78. The zero-order chi connectivity index (χ0) is 21.4. The lowest BCUT2D eigenvalue weighted by Crippen LogP contribution is -2.36. The number of hydrogen-bond acceptors (Lipinski definition) is 9. The Kier molecular flexibility index (Phi) is 7.87. The van der Waals surface area contributed by atoms with Crippen LogP contribution in [0.2, 0.25) is 0 Å². The van der Waals surface area contributed by atoms with E-state index in [0.29, 0.717) is 0 Å². The summed E-state index contributed by atoms with van der Waals surface area (Å²) in [7, 11) is -2.09. The van der Waals surface area contributed by atoms with E-state index >= 15 is 0 Å². The maximum absolute atomic E-state index is 13.4. The summed E-state index contributed by atoms with van der Waals surface area (Å²) < 4.78 is 54.7. The minimum atomic E-state index is -3.90. The van der Waals surface area contributed by atoms with Crippen molar-refractivity contribution in [3.8, 4) is 0 Å². The lowest BCUT2D eigenvalue weighted by atomic mass is 10.00. The van der Waals surface area contributed by atoms with Gasteiger partial charge in [-0.05, 0) is 25.7 Å². The van der Waals surface area contributed by atoms with Crippen molar-refractivity contribution >= 4 is 33.6 Å². The average molecular weight is 468 g/mol. The predicted molar refractivity (Wildman–Crippen MR) is 115 cm³/mol. The van der Waals surface area contributed by atoms with E-state index < -0.39 is 32.5 Å². The molecule has 0 bridgehead atoms. The molecule has 10 atom stereocenters. The van der Waals surface area contributed by atoms with Crippen molar-refractivity contribution in [3.63, 3.8) is 0 Å². The summed E-state index contributed by atoms with van der Waals surface area (Å²) in [4.78, 5) is 0. The van der Waals surface area contributed by atoms with Crippen LogP contribution in [0.5, 0.6) is 0 Å². The largest absolute Gasteiger partial charge is 0.475 e. The van der Waals surface area contributed by atoms with Crippen molar-refractivity contribution in [2.45, 2.75) is 64.3 Å². The summed E-state index contributed by atoms with van der Waals surface area (Å²) in [5.41, 5.74) is 0. The van der Waals surface area contributed by atoms with Crippen molar-refractivity contribution in [3.05, 3.63) is 12.7 Å². The molecule has 3 saturated heterocycles. The molecule has 0 aromatic carbocycles. The van der Waals surface area contributed by atoms with E-state index in [1.807, 2.05) is 27.7 Å². The Balaban J connectivity index is 1.89. The first-order valence-corrected chi connectivity index (χ1v) is 14.5. The number of ether oxygens (including phenoxy) is 2. The molecular formula is C17H31BO8P2S. The highest BCUT2D eigenvalue weighted by Crippen LogP contribution is 2.56. The summed E-state index contributed by atoms with van der Waals surface area (Å²) in [5.74, 6) is 0.0317. The van der Waals surface area contributed by atoms with E-state index in [9.17, 15) is 4.57 Å². The van der Waals surface area contributed by atoms with Crippen LogP contribution in [0.4, 0.5) is 0 Å². The third kappa shape index (κ3) is 5.61. The first-order valence-electron chi connectivity index (χ1n) is 9.95. The maximum atomic E-state index is 13.4. The van der Waals surface area contributed by atoms with E-state index in [-0.39, 0.29) is 50.0 Å². The van der Waals surface area contributed by atoms with Gasteiger partial charge in [-0.2, -0.15) is 0 Å². The Morgan fingerprint density at radius 2 is 1.55 bits per heavy atom. The fourth-order valence-corrected chi connectivity index (χ4v) is 6.95. The van der Waals surface area contributed by atoms with Crippen molar-refractivity contribution in [1.29, 1.82) is 0 Å². The number of phosphoric acid groups is 1. The highest BCUT2D eigenvalue weighted by atomic mass is 32.4. The van der Waals surface area contributed by atoms with Gasteiger partial charge in [-0.3, -0.25) is 13.6 Å². The second-order valence-electron chi connectivity index (χ2n) is 8.01. The summed E-state index contributed by atoms with van der Waals surface area (Å²) in [6.07, 6.45) is -3.02. The predicted octanol–water partition coefficient (Wildman–Crippen LogP) is 2.82. The van der Waals surface area contributed by atoms with Crippen LogP contribution in [0.25, 0.3) is 0 Å². The van der Waals surface area contributed by atoms with Gasteiger partial charge in [-0.1, -0.05) is 19.9 Å². The Bertz CT molecular complexity index is 696. The molecule has 0 aromatic rings. The topological polar surface area (TPSA) is 81.7 Å². The van der Waals surface area contributed by atoms with E-state index in [1.54, 1.807) is 7.57 Å². The molecule has 12 heteroatoms. The van der Waals surface area contributed by atoms with E-state index in [1.165, 1.54) is 6.08 Å². The fraction of sp³-hybridized carbons (Fsp3) is 0.882. The monoisotopic (exact) mass is 468 g/mol. The van der Waals surface area contributed by atoms with Gasteiger partial charge in [-0.15, -0.1) is 6.58 Å². The molecule has 3 rings (SSSR count). The highest BCUT2D eigenvalue weighted by Gasteiger charge is 2.49. The Labute approximate surface area is 179 Å². The van der Waals surface area contributed by atoms with Gasteiger partial charge in [-0.25, -0.2) is 4.57 Å². The summed E-state index contributed by atoms with van der Waals surface area (Å²) in [6.45, 7) is 11.7. The van der Waals surface area contributed by atoms with E-state index in [2.05, 4.69) is 6.58 Å². The minimum Gasteiger partial charge on any atom is -0.370 e. The maximum Gasteiger partial charge on any atom is 0.475 e. The Hall–Kier alpha value is 0.405. The first-order chi connectivity index (χ1) is 13.6. The van der Waals surface area contributed by atoms with E-state index in [0.717, 1.165) is 0 Å². The summed E-state index contributed by atoms with van der Waals surface area (Å²) >= 11 is 5.64. The Morgan fingerprint density at radius 1 is 1.03 bits per heavy atom. The van der Waals surface area contributed by atoms with Crippen molar-refractivity contribution in [2.75, 3.05) is 19.8 Å². The molecule has 0 aliphatic carbocycles. The zero-order valence-electron chi connectivity index (χ0n) is 17.6. The van der Waals surface area contributed by atoms with Crippen LogP contribution >= 0.6 is 14.2 Å². The molecule has 0 aromatic heterocycles.